The van der Waals surface area contributed by atoms with Gasteiger partial charge in [0.1, 0.15) is 11.6 Å². The fourth-order valence-electron chi connectivity index (χ4n) is 4.58. The molecule has 0 atom stereocenters. The third-order valence-electron chi connectivity index (χ3n) is 6.72. The van der Waals surface area contributed by atoms with E-state index in [1.807, 2.05) is 6.07 Å². The second kappa shape index (κ2) is 8.80. The average Bonchev–Trinajstić information content (AvgIpc) is 3.16. The van der Waals surface area contributed by atoms with E-state index in [0.29, 0.717) is 34.2 Å². The molecule has 0 radical (unpaired) electrons. The first-order valence-electron chi connectivity index (χ1n) is 11.6. The van der Waals surface area contributed by atoms with Crippen LogP contribution in [0, 0.1) is 13.8 Å². The van der Waals surface area contributed by atoms with E-state index >= 15 is 0 Å². The number of nitrogens with zero attached hydrogens (tertiary/aromatic N) is 3. The summed E-state index contributed by atoms with van der Waals surface area (Å²) in [6.45, 7) is 9.61. The number of nitrogens with one attached hydrogen (secondary N) is 3. The first-order chi connectivity index (χ1) is 15.9. The van der Waals surface area contributed by atoms with Crippen molar-refractivity contribution in [2.24, 2.45) is 0 Å². The van der Waals surface area contributed by atoms with Crippen molar-refractivity contribution in [2.45, 2.75) is 46.1 Å². The van der Waals surface area contributed by atoms with Crippen molar-refractivity contribution >= 4 is 39.2 Å². The molecule has 1 saturated heterocycles. The number of likely N-dealkylation sites (tertiary alicyclic amines) is 1. The van der Waals surface area contributed by atoms with Gasteiger partial charge in [-0.05, 0) is 68.6 Å². The molecule has 0 saturated carbocycles. The van der Waals surface area contributed by atoms with Gasteiger partial charge in [0.25, 0.3) is 5.56 Å². The van der Waals surface area contributed by atoms with Gasteiger partial charge in [0.2, 0.25) is 0 Å². The minimum absolute atomic E-state index is 0.192. The monoisotopic (exact) mass is 464 g/mol. The van der Waals surface area contributed by atoms with Gasteiger partial charge in [-0.1, -0.05) is 18.5 Å². The Balaban J connectivity index is 1.42. The lowest BCUT2D eigenvalue weighted by molar-refractivity contribution is 0.229. The lowest BCUT2D eigenvalue weighted by Gasteiger charge is -2.32. The van der Waals surface area contributed by atoms with Crippen LogP contribution in [0.2, 0.25) is 5.02 Å². The maximum Gasteiger partial charge on any atom is 0.258 e. The van der Waals surface area contributed by atoms with Crippen LogP contribution in [0.25, 0.3) is 21.9 Å². The number of aromatic amines is 2. The van der Waals surface area contributed by atoms with Gasteiger partial charge in [-0.15, -0.1) is 0 Å². The van der Waals surface area contributed by atoms with Crippen molar-refractivity contribution in [2.75, 3.05) is 25.0 Å². The molecule has 33 heavy (non-hydrogen) atoms. The summed E-state index contributed by atoms with van der Waals surface area (Å²) in [6, 6.07) is 8.15. The molecule has 5 rings (SSSR count). The number of imidazole rings is 1. The summed E-state index contributed by atoms with van der Waals surface area (Å²) >= 11 is 6.52. The van der Waals surface area contributed by atoms with E-state index in [2.05, 4.69) is 58.1 Å². The average molecular weight is 465 g/mol. The number of hydrogen-bond acceptors (Lipinski definition) is 5. The molecule has 172 valence electrons. The molecular formula is C25H29ClN6O. The van der Waals surface area contributed by atoms with Crippen LogP contribution >= 0.6 is 11.6 Å². The Labute approximate surface area is 197 Å². The van der Waals surface area contributed by atoms with Crippen LogP contribution in [0.15, 0.2) is 29.1 Å². The minimum Gasteiger partial charge on any atom is -0.381 e. The molecule has 8 heteroatoms. The van der Waals surface area contributed by atoms with Crippen LogP contribution in [0.1, 0.15) is 42.5 Å². The summed E-state index contributed by atoms with van der Waals surface area (Å²) in [5.41, 5.74) is 5.60. The smallest absolute Gasteiger partial charge is 0.258 e. The molecular weight excluding hydrogens is 436 g/mol. The van der Waals surface area contributed by atoms with E-state index in [-0.39, 0.29) is 5.56 Å². The number of rotatable bonds is 5. The van der Waals surface area contributed by atoms with Crippen LogP contribution in [0.4, 0.5) is 5.69 Å². The second-order valence-electron chi connectivity index (χ2n) is 9.03. The van der Waals surface area contributed by atoms with E-state index < -0.39 is 0 Å². The first-order valence-corrected chi connectivity index (χ1v) is 11.9. The topological polar surface area (TPSA) is 89.7 Å². The number of piperidine rings is 1. The van der Waals surface area contributed by atoms with Gasteiger partial charge >= 0.3 is 0 Å². The molecule has 0 aliphatic carbocycles. The highest BCUT2D eigenvalue weighted by molar-refractivity contribution is 6.34. The summed E-state index contributed by atoms with van der Waals surface area (Å²) in [5.74, 6) is 1.34. The Morgan fingerprint density at radius 2 is 1.73 bits per heavy atom. The normalized spacial score (nSPS) is 15.5. The molecule has 1 aliphatic heterocycles. The predicted molar refractivity (Wildman–Crippen MR) is 135 cm³/mol. The highest BCUT2D eigenvalue weighted by atomic mass is 35.5. The maximum atomic E-state index is 12.8. The van der Waals surface area contributed by atoms with E-state index in [0.717, 1.165) is 55.0 Å². The van der Waals surface area contributed by atoms with Crippen LogP contribution in [-0.4, -0.2) is 50.5 Å². The molecule has 0 amide bonds. The standard InChI is InChI=1S/C25H29ClN6O/c1-4-32-7-5-16(6-8-32)27-20-12-19-17(11-18(20)26)25(33)31-24(28-19)13-23-29-21-9-14(2)15(3)10-22(21)30-23/h9-12,16,27H,4-8,13H2,1-3H3,(H,29,30)(H,28,31,33). The quantitative estimate of drug-likeness (QED) is 0.403. The Bertz CT molecular complexity index is 1340. The maximum absolute atomic E-state index is 12.8. The van der Waals surface area contributed by atoms with Gasteiger partial charge in [0.15, 0.2) is 0 Å². The van der Waals surface area contributed by atoms with Crippen LogP contribution in [0.3, 0.4) is 0 Å². The highest BCUT2D eigenvalue weighted by Gasteiger charge is 2.19. The fourth-order valence-corrected chi connectivity index (χ4v) is 4.80. The fraction of sp³-hybridized carbons (Fsp3) is 0.400. The molecule has 4 aromatic rings. The molecule has 0 bridgehead atoms. The van der Waals surface area contributed by atoms with Crippen molar-refractivity contribution in [3.05, 3.63) is 62.4 Å². The predicted octanol–water partition coefficient (Wildman–Crippen LogP) is 4.56. The van der Waals surface area contributed by atoms with Gasteiger partial charge in [0, 0.05) is 19.1 Å². The Hall–Kier alpha value is -2.90. The van der Waals surface area contributed by atoms with Crippen molar-refractivity contribution in [3.8, 4) is 0 Å². The largest absolute Gasteiger partial charge is 0.381 e. The summed E-state index contributed by atoms with van der Waals surface area (Å²) in [6.07, 6.45) is 2.56. The first kappa shape index (κ1) is 21.9. The highest BCUT2D eigenvalue weighted by Crippen LogP contribution is 2.28. The zero-order valence-electron chi connectivity index (χ0n) is 19.3. The van der Waals surface area contributed by atoms with Crippen LogP contribution in [0.5, 0.6) is 0 Å². The summed E-state index contributed by atoms with van der Waals surface area (Å²) in [4.78, 5) is 30.9. The van der Waals surface area contributed by atoms with Gasteiger partial charge < -0.3 is 20.2 Å². The molecule has 7 nitrogen and oxygen atoms in total. The molecule has 2 aromatic carbocycles. The number of fused-ring (bicyclic) bond motifs is 2. The van der Waals surface area contributed by atoms with Gasteiger partial charge in [-0.2, -0.15) is 0 Å². The molecule has 2 aromatic heterocycles. The third kappa shape index (κ3) is 4.48. The number of anilines is 1. The minimum atomic E-state index is -0.192. The molecule has 0 unspecified atom stereocenters. The van der Waals surface area contributed by atoms with Crippen molar-refractivity contribution in [1.29, 1.82) is 0 Å². The van der Waals surface area contributed by atoms with E-state index in [4.69, 9.17) is 16.6 Å². The number of halogens is 1. The number of aryl methyl sites for hydroxylation is 2. The number of H-pyrrole nitrogens is 2. The molecule has 1 aliphatic rings. The van der Waals surface area contributed by atoms with E-state index in [9.17, 15) is 4.79 Å². The zero-order chi connectivity index (χ0) is 23.1. The lowest BCUT2D eigenvalue weighted by atomic mass is 10.0. The molecule has 1 fully saturated rings. The van der Waals surface area contributed by atoms with E-state index in [1.165, 1.54) is 11.1 Å². The SMILES string of the molecule is CCN1CCC(Nc2cc3nc(Cc4nc5cc(C)c(C)cc5[nH]4)[nH]c(=O)c3cc2Cl)CC1. The summed E-state index contributed by atoms with van der Waals surface area (Å²) in [7, 11) is 0. The zero-order valence-corrected chi connectivity index (χ0v) is 20.0. The Kier molecular flexibility index (Phi) is 5.85. The van der Waals surface area contributed by atoms with Gasteiger partial charge in [-0.3, -0.25) is 4.79 Å². The summed E-state index contributed by atoms with van der Waals surface area (Å²) < 4.78 is 0. The number of hydrogen-bond donors (Lipinski definition) is 3. The second-order valence-corrected chi connectivity index (χ2v) is 9.44. The van der Waals surface area contributed by atoms with Crippen LogP contribution in [-0.2, 0) is 6.42 Å². The molecule has 0 spiro atoms. The Morgan fingerprint density at radius 1 is 1.03 bits per heavy atom. The van der Waals surface area contributed by atoms with Crippen molar-refractivity contribution in [1.82, 2.24) is 24.8 Å². The van der Waals surface area contributed by atoms with Crippen molar-refractivity contribution in [3.63, 3.8) is 0 Å². The lowest BCUT2D eigenvalue weighted by Crippen LogP contribution is -2.38. The van der Waals surface area contributed by atoms with Gasteiger partial charge in [-0.25, -0.2) is 9.97 Å². The third-order valence-corrected chi connectivity index (χ3v) is 7.03. The van der Waals surface area contributed by atoms with Gasteiger partial charge in [0.05, 0.1) is 39.1 Å². The summed E-state index contributed by atoms with van der Waals surface area (Å²) in [5, 5.41) is 4.61. The van der Waals surface area contributed by atoms with Crippen molar-refractivity contribution < 1.29 is 0 Å². The number of aromatic nitrogens is 4. The van der Waals surface area contributed by atoms with E-state index in [1.54, 1.807) is 6.07 Å². The number of benzene rings is 2. The molecule has 3 heterocycles. The Morgan fingerprint density at radius 3 is 2.48 bits per heavy atom. The molecule has 3 N–H and O–H groups in total. The van der Waals surface area contributed by atoms with Crippen LogP contribution < -0.4 is 10.9 Å².